The first-order valence-electron chi connectivity index (χ1n) is 6.51. The second-order valence-electron chi connectivity index (χ2n) is 4.68. The molecule has 0 saturated carbocycles. The molecule has 1 unspecified atom stereocenters. The van der Waals surface area contributed by atoms with Crippen LogP contribution in [-0.2, 0) is 14.4 Å². The lowest BCUT2D eigenvalue weighted by Gasteiger charge is -2.20. The predicted octanol–water partition coefficient (Wildman–Crippen LogP) is 0.709. The molecule has 0 aromatic heterocycles. The van der Waals surface area contributed by atoms with Gasteiger partial charge in [-0.15, -0.1) is 0 Å². The van der Waals surface area contributed by atoms with Crippen molar-refractivity contribution in [3.05, 3.63) is 24.3 Å². The van der Waals surface area contributed by atoms with E-state index in [1.807, 2.05) is 0 Å². The van der Waals surface area contributed by atoms with E-state index in [1.54, 1.807) is 24.3 Å². The van der Waals surface area contributed by atoms with Crippen LogP contribution in [0.4, 0.5) is 5.69 Å². The molecule has 1 fully saturated rings. The third-order valence-corrected chi connectivity index (χ3v) is 3.34. The monoisotopic (exact) mass is 292 g/mol. The van der Waals surface area contributed by atoms with Crippen LogP contribution in [0.5, 0.6) is 5.75 Å². The highest BCUT2D eigenvalue weighted by molar-refractivity contribution is 6.39. The Morgan fingerprint density at radius 3 is 2.52 bits per heavy atom. The number of hydrogen-bond acceptors (Lipinski definition) is 4. The van der Waals surface area contributed by atoms with E-state index in [4.69, 9.17) is 9.84 Å². The lowest BCUT2D eigenvalue weighted by Crippen LogP contribution is -2.45. The largest absolute Gasteiger partial charge is 0.497 e. The second kappa shape index (κ2) is 6.25. The normalized spacial score (nSPS) is 17.4. The van der Waals surface area contributed by atoms with Crippen molar-refractivity contribution >= 4 is 23.5 Å². The molecule has 1 aromatic rings. The molecule has 112 valence electrons. The molecule has 21 heavy (non-hydrogen) atoms. The number of likely N-dealkylation sites (tertiary alicyclic amines) is 1. The first-order chi connectivity index (χ1) is 10.0. The van der Waals surface area contributed by atoms with Gasteiger partial charge in [-0.3, -0.25) is 9.59 Å². The van der Waals surface area contributed by atoms with Gasteiger partial charge in [-0.2, -0.15) is 0 Å². The van der Waals surface area contributed by atoms with Gasteiger partial charge in [0.15, 0.2) is 0 Å². The van der Waals surface area contributed by atoms with Crippen molar-refractivity contribution in [1.29, 1.82) is 0 Å². The van der Waals surface area contributed by atoms with Crippen LogP contribution in [0, 0.1) is 0 Å². The summed E-state index contributed by atoms with van der Waals surface area (Å²) < 4.78 is 4.99. The summed E-state index contributed by atoms with van der Waals surface area (Å²) in [6, 6.07) is 5.58. The van der Waals surface area contributed by atoms with Crippen LogP contribution < -0.4 is 10.1 Å². The van der Waals surface area contributed by atoms with Crippen molar-refractivity contribution < 1.29 is 24.2 Å². The Hall–Kier alpha value is -2.57. The van der Waals surface area contributed by atoms with Crippen LogP contribution in [0.15, 0.2) is 24.3 Å². The molecule has 0 aliphatic carbocycles. The fourth-order valence-corrected chi connectivity index (χ4v) is 2.26. The minimum atomic E-state index is -1.09. The minimum absolute atomic E-state index is 0.284. The molecule has 7 heteroatoms. The van der Waals surface area contributed by atoms with Gasteiger partial charge in [0.1, 0.15) is 11.8 Å². The zero-order valence-corrected chi connectivity index (χ0v) is 11.5. The van der Waals surface area contributed by atoms with E-state index in [-0.39, 0.29) is 6.54 Å². The Bertz CT molecular complexity index is 555. The molecular weight excluding hydrogens is 276 g/mol. The lowest BCUT2D eigenvalue weighted by molar-refractivity contribution is -0.151. The van der Waals surface area contributed by atoms with Crippen molar-refractivity contribution in [3.63, 3.8) is 0 Å². The maximum Gasteiger partial charge on any atom is 0.326 e. The Balaban J connectivity index is 2.02. The van der Waals surface area contributed by atoms with Gasteiger partial charge in [0, 0.05) is 12.2 Å². The molecule has 0 bridgehead atoms. The van der Waals surface area contributed by atoms with E-state index < -0.39 is 23.8 Å². The second-order valence-corrected chi connectivity index (χ2v) is 4.68. The first kappa shape index (κ1) is 14.8. The number of methoxy groups -OCH3 is 1. The molecule has 1 aliphatic rings. The number of carbonyl (C=O) groups excluding carboxylic acids is 2. The highest BCUT2D eigenvalue weighted by atomic mass is 16.5. The van der Waals surface area contributed by atoms with Crippen molar-refractivity contribution in [3.8, 4) is 5.75 Å². The van der Waals surface area contributed by atoms with Crippen LogP contribution in [0.2, 0.25) is 0 Å². The fraction of sp³-hybridized carbons (Fsp3) is 0.357. The summed E-state index contributed by atoms with van der Waals surface area (Å²) in [6.07, 6.45) is 0.954. The molecule has 1 aliphatic heterocycles. The molecule has 7 nitrogen and oxygen atoms in total. The number of carbonyl (C=O) groups is 3. The molecule has 0 radical (unpaired) electrons. The minimum Gasteiger partial charge on any atom is -0.497 e. The molecule has 1 heterocycles. The van der Waals surface area contributed by atoms with Crippen molar-refractivity contribution in [2.45, 2.75) is 18.9 Å². The van der Waals surface area contributed by atoms with E-state index in [9.17, 15) is 14.4 Å². The van der Waals surface area contributed by atoms with Gasteiger partial charge in [0.05, 0.1) is 7.11 Å². The number of benzene rings is 1. The van der Waals surface area contributed by atoms with E-state index in [1.165, 1.54) is 7.11 Å². The summed E-state index contributed by atoms with van der Waals surface area (Å²) in [6.45, 7) is 0.284. The van der Waals surface area contributed by atoms with Crippen molar-refractivity contribution in [2.75, 3.05) is 19.0 Å². The van der Waals surface area contributed by atoms with Crippen LogP contribution in [0.3, 0.4) is 0 Å². The zero-order valence-electron chi connectivity index (χ0n) is 11.5. The molecule has 1 aromatic carbocycles. The average Bonchev–Trinajstić information content (AvgIpc) is 2.96. The number of aliphatic carboxylic acids is 1. The maximum absolute atomic E-state index is 12.0. The summed E-state index contributed by atoms with van der Waals surface area (Å²) in [7, 11) is 1.52. The number of carboxylic acids is 1. The van der Waals surface area contributed by atoms with Gasteiger partial charge in [0.2, 0.25) is 0 Å². The van der Waals surface area contributed by atoms with Gasteiger partial charge in [-0.1, -0.05) is 0 Å². The number of carboxylic acid groups (broad SMARTS) is 1. The summed E-state index contributed by atoms with van der Waals surface area (Å²) in [5.74, 6) is -2.12. The smallest absolute Gasteiger partial charge is 0.326 e. The Morgan fingerprint density at radius 2 is 1.95 bits per heavy atom. The number of nitrogens with one attached hydrogen (secondary N) is 1. The predicted molar refractivity (Wildman–Crippen MR) is 74.0 cm³/mol. The highest BCUT2D eigenvalue weighted by Gasteiger charge is 2.36. The SMILES string of the molecule is COc1ccc(NC(=O)C(=O)N2CCCC2C(=O)O)cc1. The van der Waals surface area contributed by atoms with Crippen LogP contribution >= 0.6 is 0 Å². The van der Waals surface area contributed by atoms with Gasteiger partial charge < -0.3 is 20.1 Å². The van der Waals surface area contributed by atoms with E-state index in [2.05, 4.69) is 5.32 Å². The van der Waals surface area contributed by atoms with E-state index >= 15 is 0 Å². The number of ether oxygens (including phenoxy) is 1. The van der Waals surface area contributed by atoms with E-state index in [0.29, 0.717) is 24.3 Å². The standard InChI is InChI=1S/C14H16N2O5/c1-21-10-6-4-9(5-7-10)15-12(17)13(18)16-8-2-3-11(16)14(19)20/h4-7,11H,2-3,8H2,1H3,(H,15,17)(H,19,20). The number of hydrogen-bond donors (Lipinski definition) is 2. The van der Waals surface area contributed by atoms with Crippen LogP contribution in [-0.4, -0.2) is 47.5 Å². The van der Waals surface area contributed by atoms with Crippen LogP contribution in [0.1, 0.15) is 12.8 Å². The first-order valence-corrected chi connectivity index (χ1v) is 6.51. The van der Waals surface area contributed by atoms with Crippen molar-refractivity contribution in [2.24, 2.45) is 0 Å². The number of amides is 2. The number of rotatable bonds is 3. The summed E-state index contributed by atoms with van der Waals surface area (Å²) in [4.78, 5) is 36.0. The van der Waals surface area contributed by atoms with Gasteiger partial charge in [0.25, 0.3) is 0 Å². The molecule has 2 amide bonds. The Morgan fingerprint density at radius 1 is 1.29 bits per heavy atom. The summed E-state index contributed by atoms with van der Waals surface area (Å²) in [5.41, 5.74) is 0.445. The number of nitrogens with zero attached hydrogens (tertiary/aromatic N) is 1. The summed E-state index contributed by atoms with van der Waals surface area (Å²) >= 11 is 0. The maximum atomic E-state index is 12.0. The van der Waals surface area contributed by atoms with Gasteiger partial charge >= 0.3 is 17.8 Å². The van der Waals surface area contributed by atoms with E-state index in [0.717, 1.165) is 4.90 Å². The fourth-order valence-electron chi connectivity index (χ4n) is 2.26. The topological polar surface area (TPSA) is 95.9 Å². The average molecular weight is 292 g/mol. The molecular formula is C14H16N2O5. The van der Waals surface area contributed by atoms with Gasteiger partial charge in [-0.25, -0.2) is 4.79 Å². The lowest BCUT2D eigenvalue weighted by atomic mass is 10.2. The van der Waals surface area contributed by atoms with Crippen molar-refractivity contribution in [1.82, 2.24) is 4.90 Å². The highest BCUT2D eigenvalue weighted by Crippen LogP contribution is 2.19. The molecule has 2 N–H and O–H groups in total. The van der Waals surface area contributed by atoms with Crippen LogP contribution in [0.25, 0.3) is 0 Å². The quantitative estimate of drug-likeness (QED) is 0.800. The Labute approximate surface area is 121 Å². The molecule has 1 saturated heterocycles. The molecule has 2 rings (SSSR count). The molecule has 0 spiro atoms. The van der Waals surface area contributed by atoms with Gasteiger partial charge in [-0.05, 0) is 37.1 Å². The Kier molecular flexibility index (Phi) is 4.42. The number of anilines is 1. The molecule has 1 atom stereocenters. The third kappa shape index (κ3) is 3.31. The zero-order chi connectivity index (χ0) is 15.4. The third-order valence-electron chi connectivity index (χ3n) is 3.34. The summed E-state index contributed by atoms with van der Waals surface area (Å²) in [5, 5.41) is 11.5.